The van der Waals surface area contributed by atoms with E-state index in [0.29, 0.717) is 42.3 Å². The van der Waals surface area contributed by atoms with Gasteiger partial charge in [-0.15, -0.1) is 0 Å². The number of nitrogens with one attached hydrogen (secondary N) is 1. The second kappa shape index (κ2) is 16.1. The first-order valence-corrected chi connectivity index (χ1v) is 17.8. The van der Waals surface area contributed by atoms with Gasteiger partial charge in [0.15, 0.2) is 0 Å². The Labute approximate surface area is 268 Å². The summed E-state index contributed by atoms with van der Waals surface area (Å²) in [5.41, 5.74) is 1.40. The molecule has 3 atom stereocenters. The van der Waals surface area contributed by atoms with Crippen LogP contribution in [-0.4, -0.2) is 76.0 Å². The van der Waals surface area contributed by atoms with E-state index in [2.05, 4.69) is 54.6 Å². The summed E-state index contributed by atoms with van der Waals surface area (Å²) in [7, 11) is 2.16. The molecule has 2 aliphatic carbocycles. The molecule has 2 fully saturated rings. The second-order valence-corrected chi connectivity index (χ2v) is 15.3. The van der Waals surface area contributed by atoms with Crippen LogP contribution in [0.1, 0.15) is 63.4 Å². The third-order valence-electron chi connectivity index (χ3n) is 9.39. The molecule has 2 saturated carbocycles. The van der Waals surface area contributed by atoms with Crippen LogP contribution in [0.5, 0.6) is 0 Å². The number of hydrogen-bond donors (Lipinski definition) is 1. The molecule has 3 unspecified atom stereocenters. The van der Waals surface area contributed by atoms with Gasteiger partial charge in [-0.1, -0.05) is 66.4 Å². The maximum Gasteiger partial charge on any atom is 0.246 e. The number of benzene rings is 2. The van der Waals surface area contributed by atoms with Gasteiger partial charge in [0.25, 0.3) is 0 Å². The van der Waals surface area contributed by atoms with E-state index in [0.717, 1.165) is 38.5 Å². The van der Waals surface area contributed by atoms with E-state index in [-0.39, 0.29) is 34.6 Å². The lowest BCUT2D eigenvalue weighted by molar-refractivity contribution is -0.129. The molecule has 0 radical (unpaired) electrons. The van der Waals surface area contributed by atoms with Gasteiger partial charge in [-0.3, -0.25) is 4.79 Å². The summed E-state index contributed by atoms with van der Waals surface area (Å²) in [4.78, 5) is 15.3. The molecule has 4 rings (SSSR count). The van der Waals surface area contributed by atoms with Gasteiger partial charge in [-0.05, 0) is 101 Å². The van der Waals surface area contributed by atoms with E-state index in [1.807, 2.05) is 0 Å². The number of sulfonamides is 1. The predicted octanol–water partition coefficient (Wildman–Crippen LogP) is 6.43. The Morgan fingerprint density at radius 1 is 0.953 bits per heavy atom. The van der Waals surface area contributed by atoms with E-state index in [1.54, 1.807) is 7.05 Å². The number of carbonyl (C=O) groups excluding carboxylic acids is 1. The van der Waals surface area contributed by atoms with Crippen molar-refractivity contribution in [3.8, 4) is 0 Å². The average molecular weight is 653 g/mol. The van der Waals surface area contributed by atoms with Gasteiger partial charge in [-0.25, -0.2) is 8.42 Å². The zero-order valence-corrected chi connectivity index (χ0v) is 28.0. The lowest BCUT2D eigenvalue weighted by atomic mass is 9.76. The third kappa shape index (κ3) is 9.41. The summed E-state index contributed by atoms with van der Waals surface area (Å²) in [6.07, 6.45) is 9.71. The van der Waals surface area contributed by atoms with Crippen LogP contribution < -0.4 is 5.32 Å². The molecule has 1 amide bonds. The minimum Gasteiger partial charge on any atom is -0.367 e. The number of halogens is 2. The Balaban J connectivity index is 1.22. The quantitative estimate of drug-likeness (QED) is 0.270. The largest absolute Gasteiger partial charge is 0.367 e. The number of nitrogens with zero attached hydrogens (tertiary/aromatic N) is 2. The highest BCUT2D eigenvalue weighted by Crippen LogP contribution is 2.34. The molecule has 0 heterocycles. The van der Waals surface area contributed by atoms with Crippen molar-refractivity contribution in [3.63, 3.8) is 0 Å². The number of carbonyl (C=O) groups is 1. The molecule has 238 valence electrons. The number of rotatable bonds is 13. The first kappa shape index (κ1) is 34.2. The fourth-order valence-electron chi connectivity index (χ4n) is 6.81. The van der Waals surface area contributed by atoms with Crippen LogP contribution in [0.25, 0.3) is 0 Å². The summed E-state index contributed by atoms with van der Waals surface area (Å²) in [6, 6.07) is 15.2. The van der Waals surface area contributed by atoms with Crippen molar-refractivity contribution in [1.29, 1.82) is 0 Å². The summed E-state index contributed by atoms with van der Waals surface area (Å²) in [6.45, 7) is 0.588. The smallest absolute Gasteiger partial charge is 0.246 e. The van der Waals surface area contributed by atoms with Crippen molar-refractivity contribution < 1.29 is 17.9 Å². The number of likely N-dealkylation sites (N-methyl/N-ethyl adjacent to an activating group) is 1. The van der Waals surface area contributed by atoms with Crippen molar-refractivity contribution >= 4 is 39.1 Å². The molecule has 2 aromatic carbocycles. The van der Waals surface area contributed by atoms with Crippen molar-refractivity contribution in [2.75, 3.05) is 34.3 Å². The topological polar surface area (TPSA) is 79.0 Å². The fraction of sp³-hybridized carbons (Fsp3) is 0.606. The molecule has 43 heavy (non-hydrogen) atoms. The standard InChI is InChI=1S/C33H47Cl2N3O4S/c1-37(2)30(20-15-24-9-5-4-6-10-24)26-16-13-25(14-17-26)22-36-33(39)23-42-32-12-8-7-11-31(32)38(3)43(40,41)27-18-19-28(34)29(35)21-27/h4-6,9-10,18-19,21,25-26,30-32H,7-8,11-17,20,22-23H2,1-3H3,(H,36,39). The summed E-state index contributed by atoms with van der Waals surface area (Å²) in [5, 5.41) is 3.58. The summed E-state index contributed by atoms with van der Waals surface area (Å²) in [5.74, 6) is 1.01. The molecular formula is C33H47Cl2N3O4S. The van der Waals surface area contributed by atoms with Gasteiger partial charge < -0.3 is 15.0 Å². The number of aryl methyl sites for hydroxylation is 1. The Morgan fingerprint density at radius 2 is 1.65 bits per heavy atom. The van der Waals surface area contributed by atoms with E-state index < -0.39 is 10.0 Å². The number of ether oxygens (including phenoxy) is 1. The van der Waals surface area contributed by atoms with Gasteiger partial charge in [0, 0.05) is 19.6 Å². The summed E-state index contributed by atoms with van der Waals surface area (Å²) >= 11 is 12.1. The minimum absolute atomic E-state index is 0.0701. The molecule has 0 spiro atoms. The number of amides is 1. The maximum absolute atomic E-state index is 13.3. The van der Waals surface area contributed by atoms with E-state index in [9.17, 15) is 13.2 Å². The highest BCUT2D eigenvalue weighted by molar-refractivity contribution is 7.89. The van der Waals surface area contributed by atoms with Crippen LogP contribution in [0.15, 0.2) is 53.4 Å². The van der Waals surface area contributed by atoms with Crippen molar-refractivity contribution in [3.05, 3.63) is 64.1 Å². The monoisotopic (exact) mass is 651 g/mol. The van der Waals surface area contributed by atoms with Crippen molar-refractivity contribution in [1.82, 2.24) is 14.5 Å². The molecular weight excluding hydrogens is 605 g/mol. The van der Waals surface area contributed by atoms with Crippen LogP contribution in [-0.2, 0) is 26.0 Å². The molecule has 1 N–H and O–H groups in total. The Kier molecular flexibility index (Phi) is 12.8. The van der Waals surface area contributed by atoms with Gasteiger partial charge >= 0.3 is 0 Å². The van der Waals surface area contributed by atoms with Crippen LogP contribution in [0, 0.1) is 11.8 Å². The number of hydrogen-bond acceptors (Lipinski definition) is 5. The zero-order valence-electron chi connectivity index (χ0n) is 25.7. The van der Waals surface area contributed by atoms with Gasteiger partial charge in [0.1, 0.15) is 6.61 Å². The zero-order chi connectivity index (χ0) is 31.0. The first-order chi connectivity index (χ1) is 20.6. The fourth-order valence-corrected chi connectivity index (χ4v) is 8.61. The predicted molar refractivity (Wildman–Crippen MR) is 174 cm³/mol. The summed E-state index contributed by atoms with van der Waals surface area (Å²) < 4.78 is 34.1. The van der Waals surface area contributed by atoms with Gasteiger partial charge in [-0.2, -0.15) is 4.31 Å². The molecule has 2 aliphatic rings. The molecule has 7 nitrogen and oxygen atoms in total. The molecule has 0 aliphatic heterocycles. The average Bonchev–Trinajstić information content (AvgIpc) is 3.01. The lowest BCUT2D eigenvalue weighted by Gasteiger charge is -2.37. The SMILES string of the molecule is CN(C)C(CCc1ccccc1)C1CCC(CNC(=O)COC2CCCCC2N(C)S(=O)(=O)c2ccc(Cl)c(Cl)c2)CC1. The lowest BCUT2D eigenvalue weighted by Crippen LogP contribution is -2.48. The molecule has 0 saturated heterocycles. The molecule has 10 heteroatoms. The van der Waals surface area contributed by atoms with Crippen LogP contribution in [0.3, 0.4) is 0 Å². The third-order valence-corrected chi connectivity index (χ3v) is 12.0. The van der Waals surface area contributed by atoms with E-state index in [4.69, 9.17) is 27.9 Å². The second-order valence-electron chi connectivity index (χ2n) is 12.4. The molecule has 0 bridgehead atoms. The van der Waals surface area contributed by atoms with Gasteiger partial charge in [0.05, 0.1) is 27.1 Å². The Bertz CT molecular complexity index is 1290. The van der Waals surface area contributed by atoms with E-state index in [1.165, 1.54) is 40.9 Å². The molecule has 2 aromatic rings. The Morgan fingerprint density at radius 3 is 2.33 bits per heavy atom. The van der Waals surface area contributed by atoms with Crippen molar-refractivity contribution in [2.45, 2.75) is 87.3 Å². The molecule has 0 aromatic heterocycles. The van der Waals surface area contributed by atoms with Crippen LogP contribution >= 0.6 is 23.2 Å². The highest BCUT2D eigenvalue weighted by Gasteiger charge is 2.36. The van der Waals surface area contributed by atoms with Crippen molar-refractivity contribution in [2.24, 2.45) is 11.8 Å². The maximum atomic E-state index is 13.3. The van der Waals surface area contributed by atoms with Gasteiger partial charge in [0.2, 0.25) is 15.9 Å². The van der Waals surface area contributed by atoms with Crippen LogP contribution in [0.2, 0.25) is 10.0 Å². The Hall–Kier alpha value is -1.68. The van der Waals surface area contributed by atoms with Crippen LogP contribution in [0.4, 0.5) is 0 Å². The first-order valence-electron chi connectivity index (χ1n) is 15.6. The normalized spacial score (nSPS) is 23.8. The minimum atomic E-state index is -3.80. The van der Waals surface area contributed by atoms with E-state index >= 15 is 0 Å². The highest BCUT2D eigenvalue weighted by atomic mass is 35.5.